The minimum atomic E-state index is -5.16. The zero-order chi connectivity index (χ0) is 26.6. The van der Waals surface area contributed by atoms with Crippen LogP contribution in [0.25, 0.3) is 0 Å². The Kier molecular flexibility index (Phi) is 5.27. The Balaban J connectivity index is 0.00000361. The quantitative estimate of drug-likeness (QED) is 0.282. The normalized spacial score (nSPS) is 55.0. The summed E-state index contributed by atoms with van der Waals surface area (Å²) >= 11 is 0. The second kappa shape index (κ2) is 8.41. The fourth-order valence-electron chi connectivity index (χ4n) is 6.98. The van der Waals surface area contributed by atoms with Crippen molar-refractivity contribution in [2.75, 3.05) is 6.61 Å². The molecule has 0 aromatic rings. The van der Waals surface area contributed by atoms with E-state index in [1.54, 1.807) is 13.8 Å². The molecular weight excluding hydrogens is 435 g/mol. The maximum atomic E-state index is 13.7. The molecule has 31 heavy (non-hydrogen) atoms. The monoisotopic (exact) mass is 471 g/mol. The molecule has 0 heterocycles. The molecule has 4 saturated carbocycles. The topological polar surface area (TPSA) is 141 Å². The molecule has 0 aliphatic heterocycles. The Hall–Kier alpha value is 0.130. The minimum absolute atomic E-state index is 0. The van der Waals surface area contributed by atoms with E-state index in [0.717, 1.165) is 0 Å². The van der Waals surface area contributed by atoms with Gasteiger partial charge in [-0.2, -0.15) is 0 Å². The number of hydrogen-bond donors (Lipinski definition) is 2. The van der Waals surface area contributed by atoms with Gasteiger partial charge in [0.2, 0.25) is 10.4 Å². The summed E-state index contributed by atoms with van der Waals surface area (Å²) in [5.74, 6) is -3.90. The molecule has 2 N–H and O–H groups in total. The number of rotatable bonds is 4. The smallest absolute Gasteiger partial charge is 0.726 e. The van der Waals surface area contributed by atoms with E-state index in [4.69, 9.17) is 6.85 Å². The third kappa shape index (κ3) is 4.01. The van der Waals surface area contributed by atoms with Crippen LogP contribution in [0.3, 0.4) is 0 Å². The predicted molar refractivity (Wildman–Crippen MR) is 104 cm³/mol. The van der Waals surface area contributed by atoms with Crippen LogP contribution in [-0.2, 0) is 24.2 Å². The Morgan fingerprint density at radius 3 is 2.65 bits per heavy atom. The van der Waals surface area contributed by atoms with Crippen molar-refractivity contribution in [1.29, 1.82) is 0 Å². The Bertz CT molecular complexity index is 1070. The molecule has 0 amide bonds. The van der Waals surface area contributed by atoms with Crippen LogP contribution in [0.15, 0.2) is 0 Å². The molecule has 4 rings (SSSR count). The van der Waals surface area contributed by atoms with Gasteiger partial charge in [-0.15, -0.1) is 0 Å². The average molecular weight is 472 g/mol. The molecule has 0 bridgehead atoms. The first-order chi connectivity index (χ1) is 15.7. The van der Waals surface area contributed by atoms with Gasteiger partial charge in [-0.1, -0.05) is 13.8 Å². The summed E-state index contributed by atoms with van der Waals surface area (Å²) in [4.78, 5) is 26.5. The van der Waals surface area contributed by atoms with E-state index in [9.17, 15) is 32.8 Å². The van der Waals surface area contributed by atoms with Crippen LogP contribution in [0.4, 0.5) is 0 Å². The van der Waals surface area contributed by atoms with Gasteiger partial charge in [0.05, 0.1) is 7.45 Å². The number of Topliss-reactive ketones (excluding diaryl/α,β-unsaturated/α-hetero) is 2. The Labute approximate surface area is 212 Å². The van der Waals surface area contributed by atoms with Gasteiger partial charge in [-0.05, 0) is 68.0 Å². The van der Waals surface area contributed by atoms with E-state index in [1.807, 2.05) is 0 Å². The van der Waals surface area contributed by atoms with Crippen LogP contribution in [0.2, 0.25) is 0 Å². The van der Waals surface area contributed by atoms with Gasteiger partial charge < -0.3 is 14.8 Å². The second-order valence-electron chi connectivity index (χ2n) is 9.78. The summed E-state index contributed by atoms with van der Waals surface area (Å²) in [6.07, 6.45) is -8.15. The van der Waals surface area contributed by atoms with Crippen LogP contribution in [-0.4, -0.2) is 53.0 Å². The second-order valence-corrected chi connectivity index (χ2v) is 10.8. The molecule has 10 heteroatoms. The number of fused-ring (bicyclic) bond motifs is 5. The van der Waals surface area contributed by atoms with Crippen molar-refractivity contribution in [2.45, 2.75) is 76.8 Å². The van der Waals surface area contributed by atoms with Crippen molar-refractivity contribution < 1.29 is 73.4 Å². The number of aliphatic hydroxyl groups is 2. The largest absolute Gasteiger partial charge is 1.00 e. The number of carbonyl (C=O) groups is 2. The summed E-state index contributed by atoms with van der Waals surface area (Å²) in [5, 5.41) is 22.0. The van der Waals surface area contributed by atoms with Crippen LogP contribution in [0, 0.1) is 34.5 Å². The van der Waals surface area contributed by atoms with Crippen molar-refractivity contribution in [3.63, 3.8) is 0 Å². The molecule has 0 saturated heterocycles. The first-order valence-corrected chi connectivity index (χ1v) is 11.6. The van der Waals surface area contributed by atoms with Crippen LogP contribution in [0.1, 0.15) is 72.0 Å². The molecule has 0 radical (unpaired) electrons. The van der Waals surface area contributed by atoms with Crippen molar-refractivity contribution in [3.8, 4) is 0 Å². The van der Waals surface area contributed by atoms with E-state index in [1.165, 1.54) is 0 Å². The third-order valence-corrected chi connectivity index (χ3v) is 8.86. The van der Waals surface area contributed by atoms with E-state index >= 15 is 0 Å². The summed E-state index contributed by atoms with van der Waals surface area (Å²) in [6.45, 7) is 2.08. The molecule has 0 spiro atoms. The molecule has 4 fully saturated rings. The molecule has 8 nitrogen and oxygen atoms in total. The van der Waals surface area contributed by atoms with Crippen LogP contribution < -0.4 is 29.6 Å². The van der Waals surface area contributed by atoms with E-state index in [0.29, 0.717) is 12.8 Å². The van der Waals surface area contributed by atoms with Gasteiger partial charge in [0.25, 0.3) is 0 Å². The van der Waals surface area contributed by atoms with Crippen molar-refractivity contribution in [1.82, 2.24) is 0 Å². The molecular formula is C21H31NaO8S. The maximum Gasteiger partial charge on any atom is 1.00 e. The standard InChI is InChI=1S/C21H32O8S.Na/c1-19-7-5-13(22)9-12(19)3-4-14-15-6-8-21(25,17(24)11-29-30(26,27)28)20(15,2)10-16(23)18(14)19;/h12-15,18,22,25H,3-11H2,1-2H3,(H,26,27,28);/q;+1/p-1/t12-,13+,14-,15-,18+,19-,20-,21-;/m0./s1/i5D2,9D2,13D;. The Morgan fingerprint density at radius 1 is 1.32 bits per heavy atom. The van der Waals surface area contributed by atoms with Crippen molar-refractivity contribution in [2.24, 2.45) is 34.5 Å². The number of ketones is 2. The summed E-state index contributed by atoms with van der Waals surface area (Å²) < 4.78 is 78.3. The number of carbonyl (C=O) groups excluding carboxylic acids is 2. The first kappa shape index (κ1) is 19.4. The summed E-state index contributed by atoms with van der Waals surface area (Å²) in [6, 6.07) is 0. The maximum absolute atomic E-state index is 13.7. The number of hydrogen-bond acceptors (Lipinski definition) is 8. The van der Waals surface area contributed by atoms with E-state index in [-0.39, 0.29) is 66.9 Å². The van der Waals surface area contributed by atoms with E-state index in [2.05, 4.69) is 4.18 Å². The molecule has 8 atom stereocenters. The zero-order valence-corrected chi connectivity index (χ0v) is 20.8. The SMILES string of the molecule is [2H]C1([2H])C[C@]2(C)[C@H]3C(=O)C[C@@]4(C)[C@@H](CC[C@]4(O)C(=O)COS(=O)(=O)[O-])[C@@H]3CC[C@H]2C([2H])([2H])[C@]1([2H])O.[Na+]. The molecule has 170 valence electrons. The van der Waals surface area contributed by atoms with Crippen molar-refractivity contribution in [3.05, 3.63) is 0 Å². The van der Waals surface area contributed by atoms with Gasteiger partial charge in [-0.3, -0.25) is 13.8 Å². The average Bonchev–Trinajstić information content (AvgIpc) is 2.95. The van der Waals surface area contributed by atoms with Crippen LogP contribution >= 0.6 is 0 Å². The molecule has 0 aromatic heterocycles. The molecule has 4 aliphatic rings. The third-order valence-electron chi connectivity index (χ3n) is 8.45. The van der Waals surface area contributed by atoms with Gasteiger partial charge in [0.1, 0.15) is 18.0 Å². The summed E-state index contributed by atoms with van der Waals surface area (Å²) in [7, 11) is -5.16. The van der Waals surface area contributed by atoms with Gasteiger partial charge in [-0.25, -0.2) is 8.42 Å². The molecule has 4 aliphatic carbocycles. The minimum Gasteiger partial charge on any atom is -0.726 e. The molecule has 0 aromatic carbocycles. The van der Waals surface area contributed by atoms with Gasteiger partial charge in [0, 0.05) is 23.2 Å². The first-order valence-electron chi connectivity index (χ1n) is 12.8. The Morgan fingerprint density at radius 2 is 2.00 bits per heavy atom. The predicted octanol–water partition coefficient (Wildman–Crippen LogP) is -1.65. The molecule has 0 unspecified atom stereocenters. The van der Waals surface area contributed by atoms with Crippen molar-refractivity contribution >= 4 is 22.0 Å². The fraction of sp³-hybridized carbons (Fsp3) is 0.905. The zero-order valence-electron chi connectivity index (χ0n) is 23.0. The van der Waals surface area contributed by atoms with Gasteiger partial charge >= 0.3 is 29.6 Å². The fourth-order valence-corrected chi connectivity index (χ4v) is 7.23. The van der Waals surface area contributed by atoms with E-state index < -0.39 is 75.8 Å². The summed E-state index contributed by atoms with van der Waals surface area (Å²) in [5.41, 5.74) is -4.57. The van der Waals surface area contributed by atoms with Crippen LogP contribution in [0.5, 0.6) is 0 Å². The van der Waals surface area contributed by atoms with Gasteiger partial charge in [0.15, 0.2) is 5.78 Å².